The molecule has 0 radical (unpaired) electrons. The summed E-state index contributed by atoms with van der Waals surface area (Å²) in [5, 5.41) is 11.5. The van der Waals surface area contributed by atoms with Crippen molar-refractivity contribution in [2.24, 2.45) is 5.73 Å². The minimum absolute atomic E-state index is 0.0107. The van der Waals surface area contributed by atoms with Crippen molar-refractivity contribution in [1.29, 1.82) is 0 Å². The lowest BCUT2D eigenvalue weighted by Gasteiger charge is -2.33. The Kier molecular flexibility index (Phi) is 6.93. The van der Waals surface area contributed by atoms with Crippen molar-refractivity contribution in [2.45, 2.75) is 44.8 Å². The summed E-state index contributed by atoms with van der Waals surface area (Å²) in [4.78, 5) is 35.4. The van der Waals surface area contributed by atoms with Crippen LogP contribution in [0.2, 0.25) is 0 Å². The van der Waals surface area contributed by atoms with E-state index in [4.69, 9.17) is 15.6 Å². The first-order valence-corrected chi connectivity index (χ1v) is 7.12. The number of ether oxygens (including phenoxy) is 1. The number of likely N-dealkylation sites (tertiary alicyclic amines) is 1. The molecular formula is C13H23N3O5. The summed E-state index contributed by atoms with van der Waals surface area (Å²) < 4.78 is 5.50. The van der Waals surface area contributed by atoms with E-state index in [0.29, 0.717) is 19.7 Å². The monoisotopic (exact) mass is 301 g/mol. The van der Waals surface area contributed by atoms with Gasteiger partial charge in [-0.2, -0.15) is 0 Å². The van der Waals surface area contributed by atoms with Gasteiger partial charge in [0.25, 0.3) is 0 Å². The number of aliphatic carboxylic acids is 1. The van der Waals surface area contributed by atoms with Gasteiger partial charge in [0.05, 0.1) is 6.10 Å². The van der Waals surface area contributed by atoms with Crippen molar-refractivity contribution < 1.29 is 24.2 Å². The molecule has 0 aliphatic carbocycles. The van der Waals surface area contributed by atoms with Crippen LogP contribution in [0.25, 0.3) is 0 Å². The highest BCUT2D eigenvalue weighted by atomic mass is 16.5. The number of carbonyl (C=O) groups excluding carboxylic acids is 2. The van der Waals surface area contributed by atoms with E-state index < -0.39 is 23.9 Å². The van der Waals surface area contributed by atoms with Crippen molar-refractivity contribution in [1.82, 2.24) is 10.2 Å². The van der Waals surface area contributed by atoms with Crippen LogP contribution >= 0.6 is 0 Å². The number of urea groups is 1. The second-order valence-electron chi connectivity index (χ2n) is 5.01. The minimum Gasteiger partial charge on any atom is -0.480 e. The van der Waals surface area contributed by atoms with Gasteiger partial charge in [0, 0.05) is 26.1 Å². The third kappa shape index (κ3) is 5.99. The Balaban J connectivity index is 2.52. The van der Waals surface area contributed by atoms with Crippen LogP contribution in [0.1, 0.15) is 32.6 Å². The lowest BCUT2D eigenvalue weighted by Crippen LogP contribution is -2.52. The number of hydrogen-bond donors (Lipinski definition) is 3. The Morgan fingerprint density at radius 3 is 2.76 bits per heavy atom. The van der Waals surface area contributed by atoms with Gasteiger partial charge in [-0.05, 0) is 26.2 Å². The molecule has 1 aliphatic rings. The summed E-state index contributed by atoms with van der Waals surface area (Å²) in [6, 6.07) is -1.56. The Hall–Kier alpha value is -1.83. The Morgan fingerprint density at radius 1 is 1.48 bits per heavy atom. The number of nitrogens with two attached hydrogens (primary N) is 1. The lowest BCUT2D eigenvalue weighted by atomic mass is 10.1. The summed E-state index contributed by atoms with van der Waals surface area (Å²) in [5.41, 5.74) is 4.99. The van der Waals surface area contributed by atoms with Crippen molar-refractivity contribution in [3.8, 4) is 0 Å². The van der Waals surface area contributed by atoms with Gasteiger partial charge in [0.2, 0.25) is 5.91 Å². The highest BCUT2D eigenvalue weighted by Crippen LogP contribution is 2.13. The number of hydrogen-bond acceptors (Lipinski definition) is 4. The van der Waals surface area contributed by atoms with E-state index in [1.807, 2.05) is 6.92 Å². The molecule has 1 saturated heterocycles. The van der Waals surface area contributed by atoms with E-state index in [0.717, 1.165) is 12.8 Å². The van der Waals surface area contributed by atoms with Crippen LogP contribution in [-0.2, 0) is 14.3 Å². The maximum atomic E-state index is 12.1. The molecule has 8 heteroatoms. The summed E-state index contributed by atoms with van der Waals surface area (Å²) >= 11 is 0. The van der Waals surface area contributed by atoms with Gasteiger partial charge in [0.15, 0.2) is 0 Å². The molecule has 120 valence electrons. The van der Waals surface area contributed by atoms with Crippen LogP contribution in [0.5, 0.6) is 0 Å². The number of amides is 3. The van der Waals surface area contributed by atoms with E-state index in [-0.39, 0.29) is 18.9 Å². The smallest absolute Gasteiger partial charge is 0.326 e. The number of carboxylic acids is 1. The molecule has 1 unspecified atom stereocenters. The molecule has 4 N–H and O–H groups in total. The number of nitrogens with zero attached hydrogens (tertiary/aromatic N) is 1. The molecule has 2 atom stereocenters. The Morgan fingerprint density at radius 2 is 2.19 bits per heavy atom. The number of carboxylic acid groups (broad SMARTS) is 1. The third-order valence-electron chi connectivity index (χ3n) is 3.34. The second-order valence-corrected chi connectivity index (χ2v) is 5.01. The van der Waals surface area contributed by atoms with Crippen LogP contribution in [0.3, 0.4) is 0 Å². The zero-order chi connectivity index (χ0) is 15.8. The van der Waals surface area contributed by atoms with Crippen LogP contribution < -0.4 is 11.1 Å². The number of primary amides is 1. The number of nitrogens with one attached hydrogen (secondary N) is 1. The third-order valence-corrected chi connectivity index (χ3v) is 3.34. The fraction of sp³-hybridized carbons (Fsp3) is 0.769. The average Bonchev–Trinajstić information content (AvgIpc) is 2.43. The van der Waals surface area contributed by atoms with Crippen LogP contribution in [-0.4, -0.2) is 59.8 Å². The number of piperidine rings is 1. The standard InChI is InChI=1S/C13H23N3O5/c1-2-21-9-4-3-7-16(8-9)13(20)15-10(12(18)19)5-6-11(14)17/h9-10H,2-8H2,1H3,(H2,14,17)(H,15,20)(H,18,19)/t9?,10-/m0/s1. The van der Waals surface area contributed by atoms with E-state index in [1.54, 1.807) is 4.90 Å². The second kappa shape index (κ2) is 8.46. The molecule has 21 heavy (non-hydrogen) atoms. The van der Waals surface area contributed by atoms with Crippen LogP contribution in [0.15, 0.2) is 0 Å². The number of carbonyl (C=O) groups is 3. The summed E-state index contributed by atoms with van der Waals surface area (Å²) in [7, 11) is 0. The maximum absolute atomic E-state index is 12.1. The van der Waals surface area contributed by atoms with Crippen LogP contribution in [0, 0.1) is 0 Å². The molecular weight excluding hydrogens is 278 g/mol. The largest absolute Gasteiger partial charge is 0.480 e. The van der Waals surface area contributed by atoms with Gasteiger partial charge in [-0.3, -0.25) is 4.79 Å². The molecule has 0 aromatic rings. The highest BCUT2D eigenvalue weighted by Gasteiger charge is 2.27. The Bertz CT molecular complexity index is 386. The molecule has 8 nitrogen and oxygen atoms in total. The minimum atomic E-state index is -1.18. The fourth-order valence-corrected chi connectivity index (χ4v) is 2.28. The first-order chi connectivity index (χ1) is 9.93. The van der Waals surface area contributed by atoms with Gasteiger partial charge in [0.1, 0.15) is 6.04 Å². The molecule has 0 aromatic heterocycles. The number of rotatable bonds is 7. The Labute approximate surface area is 123 Å². The van der Waals surface area contributed by atoms with Crippen molar-refractivity contribution in [3.05, 3.63) is 0 Å². The SMILES string of the molecule is CCOC1CCCN(C(=O)N[C@@H](CCC(N)=O)C(=O)O)C1. The normalized spacial score (nSPS) is 19.9. The van der Waals surface area contributed by atoms with Crippen molar-refractivity contribution >= 4 is 17.9 Å². The predicted octanol–water partition coefficient (Wildman–Crippen LogP) is -0.0844. The van der Waals surface area contributed by atoms with Crippen molar-refractivity contribution in [2.75, 3.05) is 19.7 Å². The van der Waals surface area contributed by atoms with Gasteiger partial charge in [-0.15, -0.1) is 0 Å². The molecule has 0 spiro atoms. The van der Waals surface area contributed by atoms with Gasteiger partial charge < -0.3 is 25.8 Å². The topological polar surface area (TPSA) is 122 Å². The lowest BCUT2D eigenvalue weighted by molar-refractivity contribution is -0.139. The molecule has 0 bridgehead atoms. The first kappa shape index (κ1) is 17.2. The fourth-order valence-electron chi connectivity index (χ4n) is 2.28. The molecule has 3 amide bonds. The van der Waals surface area contributed by atoms with Crippen LogP contribution in [0.4, 0.5) is 4.79 Å². The van der Waals surface area contributed by atoms with Gasteiger partial charge in [-0.25, -0.2) is 9.59 Å². The zero-order valence-electron chi connectivity index (χ0n) is 12.2. The molecule has 1 heterocycles. The maximum Gasteiger partial charge on any atom is 0.326 e. The highest BCUT2D eigenvalue weighted by molar-refractivity contribution is 5.83. The van der Waals surface area contributed by atoms with Gasteiger partial charge >= 0.3 is 12.0 Å². The summed E-state index contributed by atoms with van der Waals surface area (Å²) in [6.07, 6.45) is 1.60. The molecule has 1 aliphatic heterocycles. The quantitative estimate of drug-likeness (QED) is 0.607. The van der Waals surface area contributed by atoms with Gasteiger partial charge in [-0.1, -0.05) is 0 Å². The van der Waals surface area contributed by atoms with E-state index in [9.17, 15) is 14.4 Å². The summed E-state index contributed by atoms with van der Waals surface area (Å²) in [6.45, 7) is 3.49. The van der Waals surface area contributed by atoms with E-state index in [2.05, 4.69) is 5.32 Å². The average molecular weight is 301 g/mol. The molecule has 1 fully saturated rings. The van der Waals surface area contributed by atoms with E-state index in [1.165, 1.54) is 0 Å². The zero-order valence-corrected chi connectivity index (χ0v) is 12.2. The molecule has 0 aromatic carbocycles. The van der Waals surface area contributed by atoms with E-state index >= 15 is 0 Å². The summed E-state index contributed by atoms with van der Waals surface area (Å²) in [5.74, 6) is -1.77. The molecule has 0 saturated carbocycles. The van der Waals surface area contributed by atoms with Crippen molar-refractivity contribution in [3.63, 3.8) is 0 Å². The predicted molar refractivity (Wildman–Crippen MR) is 74.6 cm³/mol. The first-order valence-electron chi connectivity index (χ1n) is 7.12. The molecule has 1 rings (SSSR count).